The molecule has 0 aromatic heterocycles. The quantitative estimate of drug-likeness (QED) is 0.377. The van der Waals surface area contributed by atoms with E-state index < -0.39 is 23.8 Å². The average Bonchev–Trinajstić information content (AvgIpc) is 2.95. The van der Waals surface area contributed by atoms with Crippen molar-refractivity contribution in [3.8, 4) is 6.07 Å². The van der Waals surface area contributed by atoms with E-state index in [1.807, 2.05) is 36.4 Å². The molecular weight excluding hydrogens is 536 g/mol. The third kappa shape index (κ3) is 5.05. The molecule has 1 heterocycles. The SMILES string of the molecule is COC(=O)C1=C(C(=O)OC)[C@@](C#N)(c2ccccc2)OC(/C=C/c2ccccc2)N1c1ccc(Br)cc1. The normalized spacial score (nSPS) is 19.4. The zero-order valence-corrected chi connectivity index (χ0v) is 21.7. The first-order chi connectivity index (χ1) is 17.9. The van der Waals surface area contributed by atoms with Gasteiger partial charge in [0.05, 0.1) is 14.2 Å². The van der Waals surface area contributed by atoms with E-state index in [4.69, 9.17) is 14.2 Å². The number of nitrogens with zero attached hydrogens (tertiary/aromatic N) is 2. The molecule has 0 saturated carbocycles. The first kappa shape index (κ1) is 25.9. The Labute approximate surface area is 223 Å². The predicted octanol–water partition coefficient (Wildman–Crippen LogP) is 5.34. The van der Waals surface area contributed by atoms with Crippen LogP contribution in [0.2, 0.25) is 0 Å². The molecule has 3 aromatic carbocycles. The van der Waals surface area contributed by atoms with Crippen molar-refractivity contribution in [2.75, 3.05) is 19.1 Å². The van der Waals surface area contributed by atoms with Gasteiger partial charge in [0.2, 0.25) is 5.60 Å². The minimum atomic E-state index is -1.96. The molecule has 4 rings (SSSR count). The van der Waals surface area contributed by atoms with Crippen LogP contribution < -0.4 is 4.90 Å². The average molecular weight is 559 g/mol. The Hall–Kier alpha value is -4.19. The molecule has 2 atom stereocenters. The van der Waals surface area contributed by atoms with Gasteiger partial charge < -0.3 is 19.1 Å². The fourth-order valence-electron chi connectivity index (χ4n) is 4.14. The smallest absolute Gasteiger partial charge is 0.355 e. The van der Waals surface area contributed by atoms with Crippen LogP contribution >= 0.6 is 15.9 Å². The van der Waals surface area contributed by atoms with Crippen LogP contribution in [-0.2, 0) is 29.4 Å². The van der Waals surface area contributed by atoms with Crippen LogP contribution in [0, 0.1) is 11.3 Å². The number of carbonyl (C=O) groups excluding carboxylic acids is 2. The van der Waals surface area contributed by atoms with Gasteiger partial charge in [0.25, 0.3) is 0 Å². The van der Waals surface area contributed by atoms with Crippen LogP contribution in [0.15, 0.2) is 107 Å². The van der Waals surface area contributed by atoms with Crippen molar-refractivity contribution in [2.24, 2.45) is 0 Å². The van der Waals surface area contributed by atoms with Gasteiger partial charge in [-0.05, 0) is 35.9 Å². The van der Waals surface area contributed by atoms with Crippen LogP contribution in [0.5, 0.6) is 0 Å². The van der Waals surface area contributed by atoms with Crippen molar-refractivity contribution < 1.29 is 23.8 Å². The van der Waals surface area contributed by atoms with E-state index in [0.717, 1.165) is 10.0 Å². The number of hydrogen-bond donors (Lipinski definition) is 0. The minimum Gasteiger partial charge on any atom is -0.465 e. The second-order valence-electron chi connectivity index (χ2n) is 7.99. The summed E-state index contributed by atoms with van der Waals surface area (Å²) in [5.41, 5.74) is -0.611. The van der Waals surface area contributed by atoms with Gasteiger partial charge in [0.1, 0.15) is 17.3 Å². The Balaban J connectivity index is 2.06. The largest absolute Gasteiger partial charge is 0.465 e. The van der Waals surface area contributed by atoms with Gasteiger partial charge in [-0.15, -0.1) is 0 Å². The third-order valence-electron chi connectivity index (χ3n) is 5.85. The molecule has 0 N–H and O–H groups in total. The maximum Gasteiger partial charge on any atom is 0.355 e. The van der Waals surface area contributed by atoms with Crippen LogP contribution in [0.1, 0.15) is 11.1 Å². The van der Waals surface area contributed by atoms with Crippen molar-refractivity contribution in [1.29, 1.82) is 5.26 Å². The Morgan fingerprint density at radius 2 is 1.54 bits per heavy atom. The van der Waals surface area contributed by atoms with Gasteiger partial charge in [-0.3, -0.25) is 0 Å². The molecular formula is C29H23BrN2O5. The number of esters is 2. The highest BCUT2D eigenvalue weighted by Crippen LogP contribution is 2.45. The second kappa shape index (κ2) is 11.2. The molecule has 0 bridgehead atoms. The molecule has 3 aromatic rings. The highest BCUT2D eigenvalue weighted by atomic mass is 79.9. The Morgan fingerprint density at radius 3 is 2.11 bits per heavy atom. The summed E-state index contributed by atoms with van der Waals surface area (Å²) < 4.78 is 17.5. The van der Waals surface area contributed by atoms with E-state index in [1.165, 1.54) is 19.1 Å². The van der Waals surface area contributed by atoms with Crippen molar-refractivity contribution >= 4 is 39.6 Å². The summed E-state index contributed by atoms with van der Waals surface area (Å²) >= 11 is 3.43. The lowest BCUT2D eigenvalue weighted by Crippen LogP contribution is -2.53. The maximum atomic E-state index is 13.4. The summed E-state index contributed by atoms with van der Waals surface area (Å²) in [7, 11) is 2.40. The summed E-state index contributed by atoms with van der Waals surface area (Å²) in [4.78, 5) is 28.2. The van der Waals surface area contributed by atoms with Crippen LogP contribution in [0.3, 0.4) is 0 Å². The molecule has 0 amide bonds. The van der Waals surface area contributed by atoms with E-state index in [9.17, 15) is 14.9 Å². The predicted molar refractivity (Wildman–Crippen MR) is 142 cm³/mol. The standard InChI is InChI=1S/C29H23BrN2O5/c1-35-27(33)25-26(28(34)36-2)32(23-16-14-22(30)15-17-23)24(18-13-20-9-5-3-6-10-20)37-29(25,19-31)21-11-7-4-8-12-21/h3-18,24H,1-2H3/b18-13+/t24?,29-/m1/s1. The monoisotopic (exact) mass is 558 g/mol. The maximum absolute atomic E-state index is 13.4. The lowest BCUT2D eigenvalue weighted by Gasteiger charge is -2.44. The van der Waals surface area contributed by atoms with E-state index in [1.54, 1.807) is 60.7 Å². The lowest BCUT2D eigenvalue weighted by atomic mass is 9.83. The molecule has 186 valence electrons. The molecule has 1 aliphatic rings. The van der Waals surface area contributed by atoms with Crippen LogP contribution in [0.4, 0.5) is 5.69 Å². The minimum absolute atomic E-state index is 0.156. The Kier molecular flexibility index (Phi) is 7.87. The lowest BCUT2D eigenvalue weighted by molar-refractivity contribution is -0.144. The second-order valence-corrected chi connectivity index (χ2v) is 8.91. The number of ether oxygens (including phenoxy) is 3. The molecule has 0 saturated heterocycles. The van der Waals surface area contributed by atoms with Crippen molar-refractivity contribution in [3.63, 3.8) is 0 Å². The molecule has 8 heteroatoms. The zero-order valence-electron chi connectivity index (χ0n) is 20.1. The third-order valence-corrected chi connectivity index (χ3v) is 6.37. The van der Waals surface area contributed by atoms with Gasteiger partial charge in [-0.2, -0.15) is 5.26 Å². The van der Waals surface area contributed by atoms with Crippen LogP contribution in [-0.4, -0.2) is 32.4 Å². The van der Waals surface area contributed by atoms with Crippen molar-refractivity contribution in [1.82, 2.24) is 0 Å². The van der Waals surface area contributed by atoms with Gasteiger partial charge in [0.15, 0.2) is 6.23 Å². The number of rotatable bonds is 6. The zero-order chi connectivity index (χ0) is 26.4. The van der Waals surface area contributed by atoms with E-state index in [0.29, 0.717) is 11.3 Å². The molecule has 0 fully saturated rings. The van der Waals surface area contributed by atoms with Gasteiger partial charge in [-0.1, -0.05) is 82.7 Å². The van der Waals surface area contributed by atoms with E-state index in [2.05, 4.69) is 22.0 Å². The Morgan fingerprint density at radius 1 is 0.946 bits per heavy atom. The van der Waals surface area contributed by atoms with Crippen molar-refractivity contribution in [2.45, 2.75) is 11.8 Å². The summed E-state index contributed by atoms with van der Waals surface area (Å²) in [6, 6.07) is 27.3. The number of methoxy groups -OCH3 is 2. The van der Waals surface area contributed by atoms with Gasteiger partial charge >= 0.3 is 11.9 Å². The van der Waals surface area contributed by atoms with Crippen LogP contribution in [0.25, 0.3) is 6.08 Å². The number of halogens is 1. The number of hydrogen-bond acceptors (Lipinski definition) is 7. The van der Waals surface area contributed by atoms with Crippen molar-refractivity contribution in [3.05, 3.63) is 118 Å². The molecule has 1 aliphatic heterocycles. The van der Waals surface area contributed by atoms with Gasteiger partial charge in [-0.25, -0.2) is 9.59 Å². The fraction of sp³-hybridized carbons (Fsp3) is 0.138. The first-order valence-corrected chi connectivity index (χ1v) is 12.1. The van der Waals surface area contributed by atoms with E-state index >= 15 is 0 Å². The summed E-state index contributed by atoms with van der Waals surface area (Å²) in [6.45, 7) is 0. The number of carbonyl (C=O) groups is 2. The van der Waals surface area contributed by atoms with Gasteiger partial charge in [0, 0.05) is 15.7 Å². The number of nitriles is 1. The molecule has 7 nitrogen and oxygen atoms in total. The highest BCUT2D eigenvalue weighted by Gasteiger charge is 2.53. The fourth-order valence-corrected chi connectivity index (χ4v) is 4.40. The van der Waals surface area contributed by atoms with E-state index in [-0.39, 0.29) is 11.3 Å². The molecule has 37 heavy (non-hydrogen) atoms. The molecule has 0 spiro atoms. The molecule has 0 aliphatic carbocycles. The summed E-state index contributed by atoms with van der Waals surface area (Å²) in [6.07, 6.45) is 2.56. The number of benzene rings is 3. The Bertz CT molecular complexity index is 1380. The number of anilines is 1. The highest BCUT2D eigenvalue weighted by molar-refractivity contribution is 9.10. The first-order valence-electron chi connectivity index (χ1n) is 11.3. The molecule has 0 radical (unpaired) electrons. The molecule has 1 unspecified atom stereocenters. The summed E-state index contributed by atoms with van der Waals surface area (Å²) in [5, 5.41) is 10.6. The topological polar surface area (TPSA) is 88.9 Å². The summed E-state index contributed by atoms with van der Waals surface area (Å²) in [5.74, 6) is -1.71.